The molecule has 1 aliphatic rings. The predicted octanol–water partition coefficient (Wildman–Crippen LogP) is 4.29. The van der Waals surface area contributed by atoms with Gasteiger partial charge in [-0.05, 0) is 36.0 Å². The summed E-state index contributed by atoms with van der Waals surface area (Å²) in [6.07, 6.45) is 2.33. The molecular formula is C16H23Cl2NO. The third kappa shape index (κ3) is 3.48. The fraction of sp³-hybridized carbons (Fsp3) is 0.625. The van der Waals surface area contributed by atoms with Gasteiger partial charge in [-0.2, -0.15) is 0 Å². The van der Waals surface area contributed by atoms with Crippen molar-refractivity contribution >= 4 is 23.2 Å². The van der Waals surface area contributed by atoms with Crippen molar-refractivity contribution in [2.75, 3.05) is 26.8 Å². The van der Waals surface area contributed by atoms with Crippen LogP contribution in [0.5, 0.6) is 0 Å². The zero-order valence-electron chi connectivity index (χ0n) is 12.4. The first-order chi connectivity index (χ1) is 9.38. The van der Waals surface area contributed by atoms with Gasteiger partial charge in [-0.15, -0.1) is 0 Å². The van der Waals surface area contributed by atoms with Crippen molar-refractivity contribution in [3.63, 3.8) is 0 Å². The van der Waals surface area contributed by atoms with E-state index in [1.54, 1.807) is 7.11 Å². The maximum atomic E-state index is 6.18. The van der Waals surface area contributed by atoms with Crippen molar-refractivity contribution in [1.82, 2.24) is 5.32 Å². The molecule has 1 fully saturated rings. The highest BCUT2D eigenvalue weighted by molar-refractivity contribution is 6.42. The molecule has 2 rings (SSSR count). The van der Waals surface area contributed by atoms with Crippen LogP contribution >= 0.6 is 23.2 Å². The molecule has 0 unspecified atom stereocenters. The van der Waals surface area contributed by atoms with Gasteiger partial charge in [0.2, 0.25) is 0 Å². The Morgan fingerprint density at radius 2 is 1.90 bits per heavy atom. The summed E-state index contributed by atoms with van der Waals surface area (Å²) in [5, 5.41) is 4.76. The Morgan fingerprint density at radius 3 is 2.45 bits per heavy atom. The molecule has 0 aromatic heterocycles. The quantitative estimate of drug-likeness (QED) is 0.791. The Morgan fingerprint density at radius 1 is 1.20 bits per heavy atom. The predicted molar refractivity (Wildman–Crippen MR) is 85.9 cm³/mol. The molecule has 0 amide bonds. The van der Waals surface area contributed by atoms with E-state index >= 15 is 0 Å². The minimum atomic E-state index is 0.172. The molecule has 1 N–H and O–H groups in total. The van der Waals surface area contributed by atoms with Crippen molar-refractivity contribution in [2.45, 2.75) is 32.1 Å². The maximum absolute atomic E-state index is 6.18. The molecule has 0 radical (unpaired) electrons. The zero-order valence-corrected chi connectivity index (χ0v) is 13.9. The number of methoxy groups -OCH3 is 1. The normalized spacial score (nSPS) is 19.6. The average Bonchev–Trinajstić information content (AvgIpc) is 2.35. The van der Waals surface area contributed by atoms with Crippen molar-refractivity contribution in [2.24, 2.45) is 5.41 Å². The van der Waals surface area contributed by atoms with Crippen molar-refractivity contribution in [1.29, 1.82) is 0 Å². The topological polar surface area (TPSA) is 21.3 Å². The van der Waals surface area contributed by atoms with Gasteiger partial charge < -0.3 is 10.1 Å². The van der Waals surface area contributed by atoms with E-state index in [1.165, 1.54) is 5.56 Å². The van der Waals surface area contributed by atoms with Crippen LogP contribution in [0.15, 0.2) is 18.2 Å². The number of hydrogen-bond donors (Lipinski definition) is 1. The number of ether oxygens (including phenoxy) is 1. The van der Waals surface area contributed by atoms with E-state index in [-0.39, 0.29) is 5.41 Å². The lowest BCUT2D eigenvalue weighted by atomic mass is 9.52. The summed E-state index contributed by atoms with van der Waals surface area (Å²) < 4.78 is 5.09. The monoisotopic (exact) mass is 315 g/mol. The van der Waals surface area contributed by atoms with Gasteiger partial charge in [0.05, 0.1) is 16.7 Å². The molecule has 2 nitrogen and oxygen atoms in total. The van der Waals surface area contributed by atoms with Crippen LogP contribution in [-0.4, -0.2) is 26.8 Å². The number of hydrogen-bond acceptors (Lipinski definition) is 2. The highest BCUT2D eigenvalue weighted by Crippen LogP contribution is 2.55. The number of halogens is 2. The molecule has 0 saturated heterocycles. The van der Waals surface area contributed by atoms with Gasteiger partial charge in [-0.25, -0.2) is 0 Å². The molecule has 1 saturated carbocycles. The second-order valence-corrected chi connectivity index (χ2v) is 7.41. The first-order valence-electron chi connectivity index (χ1n) is 7.04. The molecule has 20 heavy (non-hydrogen) atoms. The van der Waals surface area contributed by atoms with Gasteiger partial charge in [0, 0.05) is 25.6 Å². The average molecular weight is 316 g/mol. The van der Waals surface area contributed by atoms with Gasteiger partial charge >= 0.3 is 0 Å². The molecule has 0 atom stereocenters. The lowest BCUT2D eigenvalue weighted by molar-refractivity contribution is 0.0548. The summed E-state index contributed by atoms with van der Waals surface area (Å²) in [5.74, 6) is 0. The van der Waals surface area contributed by atoms with Crippen molar-refractivity contribution in [3.05, 3.63) is 33.8 Å². The fourth-order valence-corrected chi connectivity index (χ4v) is 3.84. The highest BCUT2D eigenvalue weighted by atomic mass is 35.5. The van der Waals surface area contributed by atoms with Crippen LogP contribution in [0.4, 0.5) is 0 Å². The Hall–Kier alpha value is -0.280. The molecular weight excluding hydrogens is 293 g/mol. The van der Waals surface area contributed by atoms with Gasteiger partial charge in [-0.1, -0.05) is 43.1 Å². The van der Waals surface area contributed by atoms with Gasteiger partial charge in [0.15, 0.2) is 0 Å². The summed E-state index contributed by atoms with van der Waals surface area (Å²) in [6, 6.07) is 6.04. The lowest BCUT2D eigenvalue weighted by Gasteiger charge is -2.54. The summed E-state index contributed by atoms with van der Waals surface area (Å²) >= 11 is 12.2. The van der Waals surface area contributed by atoms with Crippen molar-refractivity contribution < 1.29 is 4.74 Å². The molecule has 4 heteroatoms. The molecule has 0 heterocycles. The van der Waals surface area contributed by atoms with Gasteiger partial charge in [-0.3, -0.25) is 0 Å². The smallest absolute Gasteiger partial charge is 0.0595 e. The van der Waals surface area contributed by atoms with Gasteiger partial charge in [0.1, 0.15) is 0 Å². The zero-order chi connectivity index (χ0) is 14.8. The highest BCUT2D eigenvalue weighted by Gasteiger charge is 2.49. The van der Waals surface area contributed by atoms with Gasteiger partial charge in [0.25, 0.3) is 0 Å². The van der Waals surface area contributed by atoms with E-state index in [0.717, 1.165) is 32.5 Å². The van der Waals surface area contributed by atoms with Crippen LogP contribution in [-0.2, 0) is 10.2 Å². The Balaban J connectivity index is 2.13. The Kier molecular flexibility index (Phi) is 5.01. The third-order valence-corrected chi connectivity index (χ3v) is 4.85. The molecule has 112 valence electrons. The van der Waals surface area contributed by atoms with Crippen LogP contribution in [0.1, 0.15) is 32.3 Å². The lowest BCUT2D eigenvalue weighted by Crippen LogP contribution is -2.52. The minimum absolute atomic E-state index is 0.172. The van der Waals surface area contributed by atoms with Crippen LogP contribution in [0.25, 0.3) is 0 Å². The van der Waals surface area contributed by atoms with Crippen LogP contribution < -0.4 is 5.32 Å². The summed E-state index contributed by atoms with van der Waals surface area (Å²) in [4.78, 5) is 0. The minimum Gasteiger partial charge on any atom is -0.383 e. The van der Waals surface area contributed by atoms with E-state index in [9.17, 15) is 0 Å². The standard InChI is InChI=1S/C16H23Cl2NO/c1-15(2)9-16(10-15,11-19-6-7-20-3)12-4-5-13(17)14(18)8-12/h4-5,8,19H,6-7,9-11H2,1-3H3. The molecule has 1 aliphatic carbocycles. The number of rotatable bonds is 6. The summed E-state index contributed by atoms with van der Waals surface area (Å²) in [6.45, 7) is 7.20. The SMILES string of the molecule is COCCNCC1(c2ccc(Cl)c(Cl)c2)CC(C)(C)C1. The molecule has 1 aromatic rings. The largest absolute Gasteiger partial charge is 0.383 e. The van der Waals surface area contributed by atoms with E-state index < -0.39 is 0 Å². The number of nitrogens with one attached hydrogen (secondary N) is 1. The van der Waals surface area contributed by atoms with E-state index in [4.69, 9.17) is 27.9 Å². The second kappa shape index (κ2) is 6.23. The van der Waals surface area contributed by atoms with E-state index in [2.05, 4.69) is 25.2 Å². The second-order valence-electron chi connectivity index (χ2n) is 6.60. The van der Waals surface area contributed by atoms with E-state index in [0.29, 0.717) is 15.5 Å². The first kappa shape index (κ1) is 16.1. The molecule has 0 spiro atoms. The summed E-state index contributed by atoms with van der Waals surface area (Å²) in [5.41, 5.74) is 1.86. The van der Waals surface area contributed by atoms with Crippen LogP contribution in [0.2, 0.25) is 10.0 Å². The third-order valence-electron chi connectivity index (χ3n) is 4.11. The van der Waals surface area contributed by atoms with Crippen LogP contribution in [0.3, 0.4) is 0 Å². The molecule has 0 aliphatic heterocycles. The Bertz CT molecular complexity index is 466. The molecule has 1 aromatic carbocycles. The first-order valence-corrected chi connectivity index (χ1v) is 7.79. The Labute approximate surface area is 131 Å². The van der Waals surface area contributed by atoms with E-state index in [1.807, 2.05) is 12.1 Å². The fourth-order valence-electron chi connectivity index (χ4n) is 3.54. The molecule has 0 bridgehead atoms. The number of benzene rings is 1. The van der Waals surface area contributed by atoms with Crippen molar-refractivity contribution in [3.8, 4) is 0 Å². The van der Waals surface area contributed by atoms with Crippen LogP contribution in [0, 0.1) is 5.41 Å². The summed E-state index contributed by atoms with van der Waals surface area (Å²) in [7, 11) is 1.73. The maximum Gasteiger partial charge on any atom is 0.0595 e.